The van der Waals surface area contributed by atoms with Crippen LogP contribution in [0.3, 0.4) is 0 Å². The van der Waals surface area contributed by atoms with Crippen molar-refractivity contribution in [3.63, 3.8) is 0 Å². The summed E-state index contributed by atoms with van der Waals surface area (Å²) in [6, 6.07) is 14.9. The number of piperidine rings is 1. The Morgan fingerprint density at radius 2 is 1.77 bits per heavy atom. The molecule has 0 unspecified atom stereocenters. The first-order valence-corrected chi connectivity index (χ1v) is 10.6. The standard InChI is InChI=1S/C24H28N4O3/c1-24(2,3)23(30)27-13-11-17(12-14-27)25-22(29)20-16-19(21-10-7-15-31-21)26-28(20)18-8-5-4-6-9-18/h4-10,15-17H,11-14H2,1-3H3,(H,25,29). The average molecular weight is 421 g/mol. The molecular weight excluding hydrogens is 392 g/mol. The molecule has 0 aliphatic carbocycles. The smallest absolute Gasteiger partial charge is 0.270 e. The second-order valence-electron chi connectivity index (χ2n) is 8.93. The van der Waals surface area contributed by atoms with Gasteiger partial charge in [-0.1, -0.05) is 39.0 Å². The van der Waals surface area contributed by atoms with Gasteiger partial charge in [-0.15, -0.1) is 0 Å². The molecule has 7 nitrogen and oxygen atoms in total. The van der Waals surface area contributed by atoms with E-state index in [1.165, 1.54) is 0 Å². The molecule has 3 heterocycles. The minimum Gasteiger partial charge on any atom is -0.463 e. The summed E-state index contributed by atoms with van der Waals surface area (Å²) in [5, 5.41) is 7.74. The van der Waals surface area contributed by atoms with Gasteiger partial charge in [-0.3, -0.25) is 9.59 Å². The number of nitrogens with zero attached hydrogens (tertiary/aromatic N) is 3. The number of benzene rings is 1. The van der Waals surface area contributed by atoms with Crippen molar-refractivity contribution >= 4 is 11.8 Å². The molecule has 0 saturated carbocycles. The lowest BCUT2D eigenvalue weighted by molar-refractivity contribution is -0.140. The largest absolute Gasteiger partial charge is 0.463 e. The molecule has 1 aliphatic heterocycles. The summed E-state index contributed by atoms with van der Waals surface area (Å²) >= 11 is 0. The fourth-order valence-corrected chi connectivity index (χ4v) is 3.81. The average Bonchev–Trinajstić information content (AvgIpc) is 3.44. The molecule has 0 radical (unpaired) electrons. The number of carbonyl (C=O) groups excluding carboxylic acids is 2. The van der Waals surface area contributed by atoms with Gasteiger partial charge < -0.3 is 14.6 Å². The van der Waals surface area contributed by atoms with Crippen LogP contribution in [0.25, 0.3) is 17.1 Å². The van der Waals surface area contributed by atoms with Crippen LogP contribution < -0.4 is 5.32 Å². The van der Waals surface area contributed by atoms with Crippen LogP contribution >= 0.6 is 0 Å². The SMILES string of the molecule is CC(C)(C)C(=O)N1CCC(NC(=O)c2cc(-c3ccco3)nn2-c2ccccc2)CC1. The van der Waals surface area contributed by atoms with Gasteiger partial charge >= 0.3 is 0 Å². The number of nitrogens with one attached hydrogen (secondary N) is 1. The van der Waals surface area contributed by atoms with Crippen LogP contribution in [-0.2, 0) is 4.79 Å². The molecule has 0 atom stereocenters. The zero-order valence-electron chi connectivity index (χ0n) is 18.2. The molecule has 1 aliphatic rings. The molecule has 2 aromatic heterocycles. The molecule has 162 valence electrons. The van der Waals surface area contributed by atoms with Gasteiger partial charge in [0, 0.05) is 30.6 Å². The van der Waals surface area contributed by atoms with Crippen molar-refractivity contribution in [2.75, 3.05) is 13.1 Å². The van der Waals surface area contributed by atoms with Crippen molar-refractivity contribution in [3.8, 4) is 17.1 Å². The first-order valence-electron chi connectivity index (χ1n) is 10.6. The summed E-state index contributed by atoms with van der Waals surface area (Å²) in [5.41, 5.74) is 1.46. The molecule has 1 N–H and O–H groups in total. The maximum atomic E-state index is 13.2. The van der Waals surface area contributed by atoms with Crippen LogP contribution in [0.4, 0.5) is 0 Å². The van der Waals surface area contributed by atoms with Gasteiger partial charge in [0.15, 0.2) is 5.76 Å². The molecular formula is C24H28N4O3. The van der Waals surface area contributed by atoms with Crippen molar-refractivity contribution in [1.29, 1.82) is 0 Å². The highest BCUT2D eigenvalue weighted by molar-refractivity contribution is 5.94. The highest BCUT2D eigenvalue weighted by atomic mass is 16.3. The van der Waals surface area contributed by atoms with Crippen LogP contribution in [0.15, 0.2) is 59.2 Å². The van der Waals surface area contributed by atoms with Gasteiger partial charge in [-0.2, -0.15) is 5.10 Å². The van der Waals surface area contributed by atoms with Crippen LogP contribution in [-0.4, -0.2) is 45.6 Å². The van der Waals surface area contributed by atoms with Crippen molar-refractivity contribution < 1.29 is 14.0 Å². The number of rotatable bonds is 4. The summed E-state index contributed by atoms with van der Waals surface area (Å²) in [4.78, 5) is 27.6. The van der Waals surface area contributed by atoms with Gasteiger partial charge in [0.05, 0.1) is 12.0 Å². The predicted octanol–water partition coefficient (Wildman–Crippen LogP) is 3.90. The Labute approximate surface area is 182 Å². The van der Waals surface area contributed by atoms with Crippen LogP contribution in [0.2, 0.25) is 0 Å². The van der Waals surface area contributed by atoms with E-state index in [9.17, 15) is 9.59 Å². The predicted molar refractivity (Wildman–Crippen MR) is 118 cm³/mol. The topological polar surface area (TPSA) is 80.4 Å². The van der Waals surface area contributed by atoms with E-state index in [4.69, 9.17) is 4.42 Å². The second-order valence-corrected chi connectivity index (χ2v) is 8.93. The molecule has 0 bridgehead atoms. The van der Waals surface area contributed by atoms with Gasteiger partial charge in [0.25, 0.3) is 5.91 Å². The number of amides is 2. The summed E-state index contributed by atoms with van der Waals surface area (Å²) in [5.74, 6) is 0.579. The Morgan fingerprint density at radius 1 is 1.06 bits per heavy atom. The number of likely N-dealkylation sites (tertiary alicyclic amines) is 1. The monoisotopic (exact) mass is 420 g/mol. The fraction of sp³-hybridized carbons (Fsp3) is 0.375. The molecule has 4 rings (SSSR count). The quantitative estimate of drug-likeness (QED) is 0.694. The lowest BCUT2D eigenvalue weighted by atomic mass is 9.93. The van der Waals surface area contributed by atoms with Gasteiger partial charge in [-0.05, 0) is 37.1 Å². The third-order valence-corrected chi connectivity index (χ3v) is 5.48. The maximum absolute atomic E-state index is 13.2. The van der Waals surface area contributed by atoms with E-state index in [-0.39, 0.29) is 23.3 Å². The lowest BCUT2D eigenvalue weighted by Crippen LogP contribution is -2.49. The van der Waals surface area contributed by atoms with E-state index in [2.05, 4.69) is 10.4 Å². The second kappa shape index (κ2) is 8.41. The fourth-order valence-electron chi connectivity index (χ4n) is 3.81. The van der Waals surface area contributed by atoms with Crippen LogP contribution in [0.5, 0.6) is 0 Å². The van der Waals surface area contributed by atoms with E-state index in [1.807, 2.05) is 62.1 Å². The Hall–Kier alpha value is -3.35. The van der Waals surface area contributed by atoms with E-state index >= 15 is 0 Å². The Balaban J connectivity index is 1.50. The Morgan fingerprint density at radius 3 is 2.39 bits per heavy atom. The highest BCUT2D eigenvalue weighted by Crippen LogP contribution is 2.24. The Kier molecular flexibility index (Phi) is 5.67. The zero-order chi connectivity index (χ0) is 22.0. The molecule has 1 fully saturated rings. The van der Waals surface area contributed by atoms with Gasteiger partial charge in [-0.25, -0.2) is 4.68 Å². The summed E-state index contributed by atoms with van der Waals surface area (Å²) in [6.07, 6.45) is 3.05. The summed E-state index contributed by atoms with van der Waals surface area (Å²) in [6.45, 7) is 7.10. The number of aromatic nitrogens is 2. The van der Waals surface area contributed by atoms with Crippen LogP contribution in [0, 0.1) is 5.41 Å². The van der Waals surface area contributed by atoms with E-state index in [1.54, 1.807) is 23.1 Å². The summed E-state index contributed by atoms with van der Waals surface area (Å²) < 4.78 is 7.11. The number of hydrogen-bond acceptors (Lipinski definition) is 4. The first kappa shape index (κ1) is 20.9. The lowest BCUT2D eigenvalue weighted by Gasteiger charge is -2.36. The molecule has 3 aromatic rings. The van der Waals surface area contributed by atoms with Gasteiger partial charge in [0.1, 0.15) is 11.4 Å². The molecule has 7 heteroatoms. The molecule has 1 saturated heterocycles. The maximum Gasteiger partial charge on any atom is 0.270 e. The van der Waals surface area contributed by atoms with Crippen LogP contribution in [0.1, 0.15) is 44.1 Å². The van der Waals surface area contributed by atoms with E-state index in [0.717, 1.165) is 18.5 Å². The number of hydrogen-bond donors (Lipinski definition) is 1. The van der Waals surface area contributed by atoms with Crippen molar-refractivity contribution in [3.05, 3.63) is 60.5 Å². The minimum absolute atomic E-state index is 0.0164. The number of furan rings is 1. The van der Waals surface area contributed by atoms with Crippen molar-refractivity contribution in [2.45, 2.75) is 39.7 Å². The van der Waals surface area contributed by atoms with Crippen molar-refractivity contribution in [2.24, 2.45) is 5.41 Å². The molecule has 1 aromatic carbocycles. The van der Waals surface area contributed by atoms with Crippen molar-refractivity contribution in [1.82, 2.24) is 20.0 Å². The normalized spacial score (nSPS) is 15.1. The third kappa shape index (κ3) is 4.55. The molecule has 0 spiro atoms. The van der Waals surface area contributed by atoms with E-state index < -0.39 is 0 Å². The Bertz CT molecular complexity index is 1040. The summed E-state index contributed by atoms with van der Waals surface area (Å²) in [7, 11) is 0. The molecule has 2 amide bonds. The third-order valence-electron chi connectivity index (χ3n) is 5.48. The minimum atomic E-state index is -0.388. The zero-order valence-corrected chi connectivity index (χ0v) is 18.2. The van der Waals surface area contributed by atoms with E-state index in [0.29, 0.717) is 30.2 Å². The number of para-hydroxylation sites is 1. The molecule has 31 heavy (non-hydrogen) atoms. The number of carbonyl (C=O) groups is 2. The first-order chi connectivity index (χ1) is 14.8. The highest BCUT2D eigenvalue weighted by Gasteiger charge is 2.31. The van der Waals surface area contributed by atoms with Gasteiger partial charge in [0.2, 0.25) is 5.91 Å².